The van der Waals surface area contributed by atoms with Gasteiger partial charge in [0.25, 0.3) is 5.91 Å². The average molecular weight is 398 g/mol. The molecule has 1 N–H and O–H groups in total. The van der Waals surface area contributed by atoms with E-state index >= 15 is 0 Å². The minimum absolute atomic E-state index is 0.0632. The summed E-state index contributed by atoms with van der Waals surface area (Å²) < 4.78 is 6.98. The number of aryl methyl sites for hydroxylation is 2. The maximum absolute atomic E-state index is 13.1. The Kier molecular flexibility index (Phi) is 4.59. The third kappa shape index (κ3) is 2.97. The Hall–Kier alpha value is -2.90. The number of carbonyl (C=O) groups is 3. The molecular weight excluding hydrogens is 372 g/mol. The molecule has 1 spiro atoms. The van der Waals surface area contributed by atoms with Crippen molar-refractivity contribution >= 4 is 17.7 Å². The Morgan fingerprint density at radius 2 is 2.03 bits per heavy atom. The van der Waals surface area contributed by atoms with Gasteiger partial charge in [0.2, 0.25) is 0 Å². The molecule has 1 aliphatic heterocycles. The Morgan fingerprint density at radius 1 is 1.28 bits per heavy atom. The van der Waals surface area contributed by atoms with Crippen LogP contribution in [-0.2, 0) is 4.79 Å². The van der Waals surface area contributed by atoms with Gasteiger partial charge in [-0.05, 0) is 45.6 Å². The molecule has 8 heteroatoms. The molecule has 2 aliphatic rings. The fraction of sp³-hybridized carbons (Fsp3) is 0.524. The first-order valence-corrected chi connectivity index (χ1v) is 10.0. The molecule has 29 heavy (non-hydrogen) atoms. The van der Waals surface area contributed by atoms with Gasteiger partial charge in [-0.1, -0.05) is 24.9 Å². The van der Waals surface area contributed by atoms with E-state index in [0.29, 0.717) is 29.3 Å². The van der Waals surface area contributed by atoms with E-state index in [0.717, 1.165) is 29.9 Å². The fourth-order valence-electron chi connectivity index (χ4n) is 4.72. The quantitative estimate of drug-likeness (QED) is 0.630. The highest BCUT2D eigenvalue weighted by Crippen LogP contribution is 2.38. The molecule has 8 nitrogen and oxygen atoms in total. The van der Waals surface area contributed by atoms with Crippen LogP contribution in [0.1, 0.15) is 60.1 Å². The minimum atomic E-state index is -0.856. The van der Waals surface area contributed by atoms with Gasteiger partial charge in [-0.3, -0.25) is 19.1 Å². The van der Waals surface area contributed by atoms with E-state index in [1.54, 1.807) is 19.1 Å². The van der Waals surface area contributed by atoms with Gasteiger partial charge in [0.15, 0.2) is 11.6 Å². The van der Waals surface area contributed by atoms with Gasteiger partial charge in [0.05, 0.1) is 6.54 Å². The Labute approximate surface area is 169 Å². The first-order valence-electron chi connectivity index (χ1n) is 10.0. The third-order valence-electron chi connectivity index (χ3n) is 6.38. The predicted molar refractivity (Wildman–Crippen MR) is 105 cm³/mol. The Balaban J connectivity index is 1.59. The van der Waals surface area contributed by atoms with Gasteiger partial charge in [0.1, 0.15) is 11.3 Å². The van der Waals surface area contributed by atoms with Crippen LogP contribution in [0.2, 0.25) is 0 Å². The number of Topliss-reactive ketones (excluding diaryl/α,β-unsaturated/α-hetero) is 1. The SMILES string of the molecule is Cc1cc(-n2c(C)cc(C(=O)CN3C(=O)N[C@@]4(CCCC[C@H]4C)C3=O)c2C)no1. The lowest BCUT2D eigenvalue weighted by Crippen LogP contribution is -2.54. The molecule has 0 unspecified atom stereocenters. The molecule has 3 amide bonds. The third-order valence-corrected chi connectivity index (χ3v) is 6.38. The molecule has 1 saturated carbocycles. The number of nitrogens with one attached hydrogen (secondary N) is 1. The number of hydrogen-bond acceptors (Lipinski definition) is 5. The van der Waals surface area contributed by atoms with Crippen molar-refractivity contribution in [1.29, 1.82) is 0 Å². The average Bonchev–Trinajstić information content (AvgIpc) is 3.29. The molecule has 4 rings (SSSR count). The largest absolute Gasteiger partial charge is 0.360 e. The molecule has 0 aromatic carbocycles. The number of rotatable bonds is 4. The predicted octanol–water partition coefficient (Wildman–Crippen LogP) is 3.07. The van der Waals surface area contributed by atoms with E-state index < -0.39 is 11.6 Å². The highest BCUT2D eigenvalue weighted by molar-refractivity contribution is 6.11. The lowest BCUT2D eigenvalue weighted by molar-refractivity contribution is -0.133. The molecule has 1 saturated heterocycles. The highest BCUT2D eigenvalue weighted by atomic mass is 16.5. The van der Waals surface area contributed by atoms with E-state index in [1.807, 2.05) is 25.3 Å². The summed E-state index contributed by atoms with van der Waals surface area (Å²) >= 11 is 0. The van der Waals surface area contributed by atoms with E-state index in [-0.39, 0.29) is 24.2 Å². The zero-order valence-corrected chi connectivity index (χ0v) is 17.2. The highest BCUT2D eigenvalue weighted by Gasteiger charge is 2.55. The summed E-state index contributed by atoms with van der Waals surface area (Å²) in [4.78, 5) is 39.8. The summed E-state index contributed by atoms with van der Waals surface area (Å²) in [7, 11) is 0. The van der Waals surface area contributed by atoms with Crippen molar-refractivity contribution < 1.29 is 18.9 Å². The normalized spacial score (nSPS) is 24.4. The second kappa shape index (κ2) is 6.86. The maximum Gasteiger partial charge on any atom is 0.325 e. The maximum atomic E-state index is 13.1. The molecule has 154 valence electrons. The first kappa shape index (κ1) is 19.4. The van der Waals surface area contributed by atoms with Crippen molar-refractivity contribution in [2.24, 2.45) is 5.92 Å². The van der Waals surface area contributed by atoms with Gasteiger partial charge >= 0.3 is 6.03 Å². The number of urea groups is 1. The van der Waals surface area contributed by atoms with Crippen LogP contribution >= 0.6 is 0 Å². The lowest BCUT2D eigenvalue weighted by atomic mass is 9.73. The monoisotopic (exact) mass is 398 g/mol. The summed E-state index contributed by atoms with van der Waals surface area (Å²) in [6, 6.07) is 3.08. The Bertz CT molecular complexity index is 1000. The standard InChI is InChI=1S/C21H26N4O4/c1-12-7-5-6-8-21(12)19(27)24(20(28)22-21)11-17(26)16-9-13(2)25(15(16)4)18-10-14(3)29-23-18/h9-10,12H,5-8,11H2,1-4H3,(H,22,28)/t12-,21-/m1/s1. The molecule has 2 aromatic heterocycles. The van der Waals surface area contributed by atoms with Crippen LogP contribution in [0.5, 0.6) is 0 Å². The number of imide groups is 1. The summed E-state index contributed by atoms with van der Waals surface area (Å²) in [5, 5.41) is 6.91. The zero-order valence-electron chi connectivity index (χ0n) is 17.2. The van der Waals surface area contributed by atoms with Crippen LogP contribution < -0.4 is 5.32 Å². The van der Waals surface area contributed by atoms with Crippen molar-refractivity contribution in [3.05, 3.63) is 34.8 Å². The van der Waals surface area contributed by atoms with Crippen LogP contribution in [0.3, 0.4) is 0 Å². The molecule has 2 aromatic rings. The number of aromatic nitrogens is 2. The molecule has 2 fully saturated rings. The molecule has 2 atom stereocenters. The van der Waals surface area contributed by atoms with E-state index in [9.17, 15) is 14.4 Å². The zero-order chi connectivity index (χ0) is 20.9. The van der Waals surface area contributed by atoms with Crippen LogP contribution in [-0.4, -0.2) is 44.4 Å². The summed E-state index contributed by atoms with van der Waals surface area (Å²) in [6.07, 6.45) is 3.48. The molecule has 3 heterocycles. The smallest absolute Gasteiger partial charge is 0.325 e. The van der Waals surface area contributed by atoms with E-state index in [1.165, 1.54) is 0 Å². The summed E-state index contributed by atoms with van der Waals surface area (Å²) in [5.41, 5.74) is 1.15. The van der Waals surface area contributed by atoms with Gasteiger partial charge in [0, 0.05) is 23.0 Å². The lowest BCUT2D eigenvalue weighted by Gasteiger charge is -2.36. The minimum Gasteiger partial charge on any atom is -0.360 e. The summed E-state index contributed by atoms with van der Waals surface area (Å²) in [6.45, 7) is 7.23. The van der Waals surface area contributed by atoms with Crippen molar-refractivity contribution in [3.8, 4) is 5.82 Å². The van der Waals surface area contributed by atoms with Gasteiger partial charge in [-0.2, -0.15) is 0 Å². The van der Waals surface area contributed by atoms with E-state index in [2.05, 4.69) is 10.5 Å². The van der Waals surface area contributed by atoms with Crippen molar-refractivity contribution in [3.63, 3.8) is 0 Å². The molecule has 1 aliphatic carbocycles. The van der Waals surface area contributed by atoms with Crippen LogP contribution in [0.25, 0.3) is 5.82 Å². The number of nitrogens with zero attached hydrogens (tertiary/aromatic N) is 3. The van der Waals surface area contributed by atoms with Crippen LogP contribution in [0.15, 0.2) is 16.7 Å². The van der Waals surface area contributed by atoms with Crippen molar-refractivity contribution in [2.75, 3.05) is 6.54 Å². The second-order valence-corrected chi connectivity index (χ2v) is 8.28. The first-order chi connectivity index (χ1) is 13.7. The summed E-state index contributed by atoms with van der Waals surface area (Å²) in [5.74, 6) is 0.791. The number of ketones is 1. The molecule has 0 radical (unpaired) electrons. The van der Waals surface area contributed by atoms with Gasteiger partial charge in [-0.15, -0.1) is 0 Å². The van der Waals surface area contributed by atoms with Crippen molar-refractivity contribution in [2.45, 2.75) is 58.9 Å². The van der Waals surface area contributed by atoms with Crippen LogP contribution in [0, 0.1) is 26.7 Å². The van der Waals surface area contributed by atoms with Crippen molar-refractivity contribution in [1.82, 2.24) is 19.9 Å². The second-order valence-electron chi connectivity index (χ2n) is 8.28. The topological polar surface area (TPSA) is 97.4 Å². The Morgan fingerprint density at radius 3 is 2.69 bits per heavy atom. The number of carbonyl (C=O) groups excluding carboxylic acids is 3. The molecular formula is C21H26N4O4. The fourth-order valence-corrected chi connectivity index (χ4v) is 4.72. The number of amides is 3. The van der Waals surface area contributed by atoms with E-state index in [4.69, 9.17) is 4.52 Å². The molecule has 0 bridgehead atoms. The number of hydrogen-bond donors (Lipinski definition) is 1. The van der Waals surface area contributed by atoms with Gasteiger partial charge < -0.3 is 9.84 Å². The van der Waals surface area contributed by atoms with Crippen LogP contribution in [0.4, 0.5) is 4.79 Å². The van der Waals surface area contributed by atoms with Gasteiger partial charge in [-0.25, -0.2) is 4.79 Å².